The number of aromatic nitrogens is 1. The van der Waals surface area contributed by atoms with Gasteiger partial charge in [-0.1, -0.05) is 26.7 Å². The Hall–Kier alpha value is -2.10. The average Bonchev–Trinajstić information content (AvgIpc) is 3.26. The van der Waals surface area contributed by atoms with E-state index in [1.165, 1.54) is 12.3 Å². The number of hydrogen-bond acceptors (Lipinski definition) is 6. The van der Waals surface area contributed by atoms with Crippen molar-refractivity contribution in [3.05, 3.63) is 46.6 Å². The standard InChI is InChI=1S/C20H23N3O4S2/c1-12-5-3-7-16(13(12)2)22-29(26,27)17-9-8-14(28-17)11-23-19(24)15-6-4-10-21-18(15)20(23)25/h4,6,8-10,12-13,16,22H,3,5,7,11H2,1-2H3/t12-,13-,16+/m1/s1. The van der Waals surface area contributed by atoms with E-state index in [-0.39, 0.29) is 34.0 Å². The Morgan fingerprint density at radius 1 is 1.17 bits per heavy atom. The molecule has 4 rings (SSSR count). The van der Waals surface area contributed by atoms with E-state index in [0.29, 0.717) is 10.8 Å². The molecular formula is C20H23N3O4S2. The SMILES string of the molecule is C[C@@H]1[C@H](C)CCC[C@@H]1NS(=O)(=O)c1ccc(CN2C(=O)c3cccnc3C2=O)s1. The lowest BCUT2D eigenvalue weighted by atomic mass is 9.78. The molecule has 0 spiro atoms. The number of fused-ring (bicyclic) bond motifs is 1. The van der Waals surface area contributed by atoms with E-state index >= 15 is 0 Å². The Balaban J connectivity index is 1.49. The Kier molecular flexibility index (Phi) is 5.30. The molecule has 1 saturated carbocycles. The molecule has 2 amide bonds. The molecule has 1 N–H and O–H groups in total. The van der Waals surface area contributed by atoms with Crippen molar-refractivity contribution in [2.45, 2.75) is 49.9 Å². The van der Waals surface area contributed by atoms with Crippen LogP contribution in [0.4, 0.5) is 0 Å². The van der Waals surface area contributed by atoms with E-state index in [0.717, 1.165) is 35.5 Å². The van der Waals surface area contributed by atoms with Crippen molar-refractivity contribution in [1.82, 2.24) is 14.6 Å². The summed E-state index contributed by atoms with van der Waals surface area (Å²) in [6, 6.07) is 6.31. The summed E-state index contributed by atoms with van der Waals surface area (Å²) in [4.78, 5) is 30.7. The first kappa shape index (κ1) is 20.2. The lowest BCUT2D eigenvalue weighted by Gasteiger charge is -2.34. The van der Waals surface area contributed by atoms with Crippen molar-refractivity contribution in [2.75, 3.05) is 0 Å². The van der Waals surface area contributed by atoms with Gasteiger partial charge in [0.1, 0.15) is 9.90 Å². The van der Waals surface area contributed by atoms with Gasteiger partial charge in [-0.25, -0.2) is 13.1 Å². The normalized spacial score (nSPS) is 24.8. The lowest BCUT2D eigenvalue weighted by Crippen LogP contribution is -2.43. The van der Waals surface area contributed by atoms with E-state index < -0.39 is 21.8 Å². The summed E-state index contributed by atoms with van der Waals surface area (Å²) in [5.41, 5.74) is 0.424. The van der Waals surface area contributed by atoms with Gasteiger partial charge in [-0.2, -0.15) is 0 Å². The third kappa shape index (κ3) is 3.74. The quantitative estimate of drug-likeness (QED) is 0.731. The molecule has 0 saturated heterocycles. The van der Waals surface area contributed by atoms with Gasteiger partial charge in [0.25, 0.3) is 11.8 Å². The maximum atomic E-state index is 12.9. The molecule has 154 valence electrons. The van der Waals surface area contributed by atoms with Crippen LogP contribution in [-0.2, 0) is 16.6 Å². The molecule has 0 bridgehead atoms. The van der Waals surface area contributed by atoms with Gasteiger partial charge in [-0.15, -0.1) is 11.3 Å². The van der Waals surface area contributed by atoms with Crippen LogP contribution in [0.25, 0.3) is 0 Å². The largest absolute Gasteiger partial charge is 0.280 e. The Morgan fingerprint density at radius 2 is 1.97 bits per heavy atom. The van der Waals surface area contributed by atoms with Crippen LogP contribution in [0.15, 0.2) is 34.7 Å². The maximum absolute atomic E-state index is 12.9. The number of sulfonamides is 1. The number of carbonyl (C=O) groups excluding carboxylic acids is 2. The second kappa shape index (κ2) is 7.62. The van der Waals surface area contributed by atoms with E-state index in [2.05, 4.69) is 23.6 Å². The highest BCUT2D eigenvalue weighted by Gasteiger charge is 2.37. The minimum Gasteiger partial charge on any atom is -0.268 e. The molecule has 2 aromatic rings. The van der Waals surface area contributed by atoms with Gasteiger partial charge in [0, 0.05) is 17.1 Å². The summed E-state index contributed by atoms with van der Waals surface area (Å²) in [6.07, 6.45) is 4.45. The molecule has 29 heavy (non-hydrogen) atoms. The monoisotopic (exact) mass is 433 g/mol. The first-order valence-corrected chi connectivity index (χ1v) is 12.0. The summed E-state index contributed by atoms with van der Waals surface area (Å²) in [5.74, 6) is -0.0906. The van der Waals surface area contributed by atoms with Gasteiger partial charge >= 0.3 is 0 Å². The van der Waals surface area contributed by atoms with Gasteiger partial charge in [0.05, 0.1) is 12.1 Å². The van der Waals surface area contributed by atoms with Crippen LogP contribution >= 0.6 is 11.3 Å². The Labute approximate surface area is 174 Å². The van der Waals surface area contributed by atoms with Gasteiger partial charge < -0.3 is 0 Å². The molecule has 1 fully saturated rings. The van der Waals surface area contributed by atoms with Crippen LogP contribution in [0.2, 0.25) is 0 Å². The molecule has 3 heterocycles. The smallest absolute Gasteiger partial charge is 0.268 e. The van der Waals surface area contributed by atoms with E-state index in [1.807, 2.05) is 0 Å². The molecule has 7 nitrogen and oxygen atoms in total. The molecule has 0 aromatic carbocycles. The maximum Gasteiger partial charge on any atom is 0.280 e. The lowest BCUT2D eigenvalue weighted by molar-refractivity contribution is 0.0642. The van der Waals surface area contributed by atoms with E-state index in [9.17, 15) is 18.0 Å². The van der Waals surface area contributed by atoms with Crippen LogP contribution < -0.4 is 4.72 Å². The summed E-state index contributed by atoms with van der Waals surface area (Å²) in [5, 5.41) is 0. The number of rotatable bonds is 5. The minimum absolute atomic E-state index is 0.0328. The van der Waals surface area contributed by atoms with Crippen LogP contribution in [-0.4, -0.2) is 36.2 Å². The first-order chi connectivity index (χ1) is 13.8. The average molecular weight is 434 g/mol. The van der Waals surface area contributed by atoms with Crippen molar-refractivity contribution >= 4 is 33.2 Å². The second-order valence-electron chi connectivity index (χ2n) is 7.81. The number of thiophene rings is 1. The van der Waals surface area contributed by atoms with Crippen LogP contribution in [0.1, 0.15) is 58.8 Å². The van der Waals surface area contributed by atoms with E-state index in [1.54, 1.807) is 18.2 Å². The Bertz CT molecular complexity index is 1030. The molecule has 9 heteroatoms. The second-order valence-corrected chi connectivity index (χ2v) is 10.9. The number of nitrogens with zero attached hydrogens (tertiary/aromatic N) is 2. The molecule has 1 aliphatic carbocycles. The zero-order valence-electron chi connectivity index (χ0n) is 16.3. The van der Waals surface area contributed by atoms with Crippen LogP contribution in [0, 0.1) is 11.8 Å². The molecule has 0 radical (unpaired) electrons. The van der Waals surface area contributed by atoms with Gasteiger partial charge in [-0.3, -0.25) is 19.5 Å². The number of pyridine rings is 1. The number of imide groups is 1. The van der Waals surface area contributed by atoms with Gasteiger partial charge in [0.15, 0.2) is 0 Å². The molecular weight excluding hydrogens is 410 g/mol. The van der Waals surface area contributed by atoms with Crippen molar-refractivity contribution in [1.29, 1.82) is 0 Å². The fourth-order valence-corrected chi connectivity index (χ4v) is 6.73. The summed E-state index contributed by atoms with van der Waals surface area (Å²) in [6.45, 7) is 4.28. The third-order valence-electron chi connectivity index (χ3n) is 5.96. The summed E-state index contributed by atoms with van der Waals surface area (Å²) < 4.78 is 28.8. The molecule has 0 unspecified atom stereocenters. The number of nitrogens with one attached hydrogen (secondary N) is 1. The van der Waals surface area contributed by atoms with Crippen molar-refractivity contribution < 1.29 is 18.0 Å². The number of hydrogen-bond donors (Lipinski definition) is 1. The molecule has 1 aliphatic heterocycles. The van der Waals surface area contributed by atoms with Crippen molar-refractivity contribution in [2.24, 2.45) is 11.8 Å². The predicted octanol–water partition coefficient (Wildman–Crippen LogP) is 3.04. The zero-order valence-corrected chi connectivity index (χ0v) is 17.9. The number of carbonyl (C=O) groups is 2. The topological polar surface area (TPSA) is 96.4 Å². The highest BCUT2D eigenvalue weighted by atomic mass is 32.2. The van der Waals surface area contributed by atoms with Crippen molar-refractivity contribution in [3.63, 3.8) is 0 Å². The third-order valence-corrected chi connectivity index (χ3v) is 9.01. The molecule has 3 atom stereocenters. The highest BCUT2D eigenvalue weighted by Crippen LogP contribution is 2.32. The minimum atomic E-state index is -3.64. The molecule has 2 aromatic heterocycles. The fraction of sp³-hybridized carbons (Fsp3) is 0.450. The fourth-order valence-electron chi connectivity index (χ4n) is 4.01. The summed E-state index contributed by atoms with van der Waals surface area (Å²) in [7, 11) is -3.64. The number of amides is 2. The predicted molar refractivity (Wildman–Crippen MR) is 109 cm³/mol. The first-order valence-electron chi connectivity index (χ1n) is 9.70. The van der Waals surface area contributed by atoms with Crippen molar-refractivity contribution in [3.8, 4) is 0 Å². The summed E-state index contributed by atoms with van der Waals surface area (Å²) >= 11 is 1.08. The zero-order chi connectivity index (χ0) is 20.8. The van der Waals surface area contributed by atoms with E-state index in [4.69, 9.17) is 0 Å². The van der Waals surface area contributed by atoms with Gasteiger partial charge in [0.2, 0.25) is 10.0 Å². The van der Waals surface area contributed by atoms with Crippen LogP contribution in [0.5, 0.6) is 0 Å². The molecule has 2 aliphatic rings. The Morgan fingerprint density at radius 3 is 2.72 bits per heavy atom. The highest BCUT2D eigenvalue weighted by molar-refractivity contribution is 7.91. The van der Waals surface area contributed by atoms with Gasteiger partial charge in [-0.05, 0) is 42.5 Å². The van der Waals surface area contributed by atoms with Crippen LogP contribution in [0.3, 0.4) is 0 Å².